The first-order chi connectivity index (χ1) is 8.15. The van der Waals surface area contributed by atoms with Crippen molar-refractivity contribution < 1.29 is 0 Å². The standard InChI is InChI=1S/C15H24N2/c1-11-7-12(2)9-14(8-11)15(16)10-13-3-5-17-6-4-13/h3-6,11-12,14-15H,7-10,16H2,1-2H3. The van der Waals surface area contributed by atoms with Crippen molar-refractivity contribution in [2.45, 2.75) is 45.6 Å². The maximum Gasteiger partial charge on any atom is 0.0270 e. The first-order valence-corrected chi connectivity index (χ1v) is 6.79. The molecule has 2 heteroatoms. The van der Waals surface area contributed by atoms with E-state index in [0.29, 0.717) is 12.0 Å². The molecule has 1 aromatic rings. The number of nitrogens with zero attached hydrogens (tertiary/aromatic N) is 1. The van der Waals surface area contributed by atoms with E-state index in [1.807, 2.05) is 12.4 Å². The Kier molecular flexibility index (Phi) is 4.16. The molecular formula is C15H24N2. The highest BCUT2D eigenvalue weighted by atomic mass is 14.7. The zero-order chi connectivity index (χ0) is 12.3. The molecule has 94 valence electrons. The van der Waals surface area contributed by atoms with E-state index in [4.69, 9.17) is 5.73 Å². The first kappa shape index (κ1) is 12.6. The Morgan fingerprint density at radius 3 is 2.35 bits per heavy atom. The Balaban J connectivity index is 1.93. The smallest absolute Gasteiger partial charge is 0.0270 e. The highest BCUT2D eigenvalue weighted by molar-refractivity contribution is 5.11. The molecule has 1 fully saturated rings. The summed E-state index contributed by atoms with van der Waals surface area (Å²) in [5.74, 6) is 2.38. The molecule has 2 rings (SSSR count). The average molecular weight is 232 g/mol. The minimum Gasteiger partial charge on any atom is -0.327 e. The SMILES string of the molecule is CC1CC(C)CC(C(N)Cc2ccncc2)C1. The molecule has 0 aliphatic heterocycles. The minimum atomic E-state index is 0.308. The lowest BCUT2D eigenvalue weighted by molar-refractivity contribution is 0.192. The van der Waals surface area contributed by atoms with Gasteiger partial charge in [-0.3, -0.25) is 4.98 Å². The van der Waals surface area contributed by atoms with Gasteiger partial charge in [0.1, 0.15) is 0 Å². The van der Waals surface area contributed by atoms with Gasteiger partial charge in [0.15, 0.2) is 0 Å². The van der Waals surface area contributed by atoms with Crippen molar-refractivity contribution in [2.75, 3.05) is 0 Å². The number of aromatic nitrogens is 1. The Labute approximate surface area is 105 Å². The van der Waals surface area contributed by atoms with Gasteiger partial charge in [-0.1, -0.05) is 13.8 Å². The van der Waals surface area contributed by atoms with E-state index >= 15 is 0 Å². The van der Waals surface area contributed by atoms with E-state index in [9.17, 15) is 0 Å². The molecular weight excluding hydrogens is 208 g/mol. The van der Waals surface area contributed by atoms with E-state index in [0.717, 1.165) is 18.3 Å². The number of hydrogen-bond donors (Lipinski definition) is 1. The lowest BCUT2D eigenvalue weighted by Crippen LogP contribution is -2.37. The molecule has 3 unspecified atom stereocenters. The van der Waals surface area contributed by atoms with Gasteiger partial charge in [0, 0.05) is 18.4 Å². The third-order valence-corrected chi connectivity index (χ3v) is 4.04. The summed E-state index contributed by atoms with van der Waals surface area (Å²) in [6.07, 6.45) is 8.68. The number of nitrogens with two attached hydrogens (primary N) is 1. The molecule has 0 bridgehead atoms. The summed E-state index contributed by atoms with van der Waals surface area (Å²) in [7, 11) is 0. The predicted molar refractivity (Wildman–Crippen MR) is 71.6 cm³/mol. The van der Waals surface area contributed by atoms with Gasteiger partial charge in [0.05, 0.1) is 0 Å². The van der Waals surface area contributed by atoms with Crippen LogP contribution in [0.15, 0.2) is 24.5 Å². The Morgan fingerprint density at radius 2 is 1.76 bits per heavy atom. The predicted octanol–water partition coefficient (Wildman–Crippen LogP) is 3.02. The second kappa shape index (κ2) is 5.63. The molecule has 0 saturated heterocycles. The van der Waals surface area contributed by atoms with E-state index in [1.165, 1.54) is 24.8 Å². The highest BCUT2D eigenvalue weighted by Gasteiger charge is 2.28. The van der Waals surface area contributed by atoms with Gasteiger partial charge in [-0.15, -0.1) is 0 Å². The fraction of sp³-hybridized carbons (Fsp3) is 0.667. The molecule has 1 aliphatic rings. The van der Waals surface area contributed by atoms with Crippen LogP contribution in [-0.4, -0.2) is 11.0 Å². The fourth-order valence-electron chi connectivity index (χ4n) is 3.32. The van der Waals surface area contributed by atoms with Gasteiger partial charge < -0.3 is 5.73 Å². The van der Waals surface area contributed by atoms with Crippen molar-refractivity contribution in [2.24, 2.45) is 23.5 Å². The van der Waals surface area contributed by atoms with Gasteiger partial charge in [-0.05, 0) is 61.1 Å². The zero-order valence-corrected chi connectivity index (χ0v) is 11.0. The maximum absolute atomic E-state index is 6.38. The molecule has 0 radical (unpaired) electrons. The molecule has 1 saturated carbocycles. The van der Waals surface area contributed by atoms with Gasteiger partial charge in [0.2, 0.25) is 0 Å². The van der Waals surface area contributed by atoms with Crippen LogP contribution in [0.5, 0.6) is 0 Å². The highest BCUT2D eigenvalue weighted by Crippen LogP contribution is 2.34. The van der Waals surface area contributed by atoms with Crippen molar-refractivity contribution in [1.29, 1.82) is 0 Å². The quantitative estimate of drug-likeness (QED) is 0.870. The van der Waals surface area contributed by atoms with Crippen LogP contribution in [0.1, 0.15) is 38.7 Å². The average Bonchev–Trinajstić information content (AvgIpc) is 2.29. The van der Waals surface area contributed by atoms with Crippen LogP contribution >= 0.6 is 0 Å². The zero-order valence-electron chi connectivity index (χ0n) is 11.0. The third kappa shape index (κ3) is 3.53. The van der Waals surface area contributed by atoms with Gasteiger partial charge in [0.25, 0.3) is 0 Å². The van der Waals surface area contributed by atoms with Crippen molar-refractivity contribution in [1.82, 2.24) is 4.98 Å². The van der Waals surface area contributed by atoms with Gasteiger partial charge in [-0.2, -0.15) is 0 Å². The lowest BCUT2D eigenvalue weighted by atomic mass is 9.73. The third-order valence-electron chi connectivity index (χ3n) is 4.04. The second-order valence-corrected chi connectivity index (χ2v) is 5.90. The number of hydrogen-bond acceptors (Lipinski definition) is 2. The van der Waals surface area contributed by atoms with Crippen LogP contribution in [0.2, 0.25) is 0 Å². The summed E-state index contributed by atoms with van der Waals surface area (Å²) in [6.45, 7) is 4.73. The van der Waals surface area contributed by atoms with Crippen LogP contribution in [-0.2, 0) is 6.42 Å². The Hall–Kier alpha value is -0.890. The van der Waals surface area contributed by atoms with Crippen LogP contribution in [0.3, 0.4) is 0 Å². The summed E-state index contributed by atoms with van der Waals surface area (Å²) in [5.41, 5.74) is 7.70. The molecule has 2 N–H and O–H groups in total. The molecule has 17 heavy (non-hydrogen) atoms. The van der Waals surface area contributed by atoms with Crippen molar-refractivity contribution in [3.8, 4) is 0 Å². The van der Waals surface area contributed by atoms with Gasteiger partial charge >= 0.3 is 0 Å². The molecule has 0 spiro atoms. The molecule has 2 nitrogen and oxygen atoms in total. The van der Waals surface area contributed by atoms with Crippen LogP contribution < -0.4 is 5.73 Å². The second-order valence-electron chi connectivity index (χ2n) is 5.90. The minimum absolute atomic E-state index is 0.308. The van der Waals surface area contributed by atoms with Crippen LogP contribution in [0, 0.1) is 17.8 Å². The van der Waals surface area contributed by atoms with E-state index in [2.05, 4.69) is 31.0 Å². The number of pyridine rings is 1. The Morgan fingerprint density at radius 1 is 1.18 bits per heavy atom. The Bertz CT molecular complexity index is 326. The van der Waals surface area contributed by atoms with Crippen molar-refractivity contribution in [3.63, 3.8) is 0 Å². The largest absolute Gasteiger partial charge is 0.327 e. The topological polar surface area (TPSA) is 38.9 Å². The van der Waals surface area contributed by atoms with Crippen LogP contribution in [0.25, 0.3) is 0 Å². The summed E-state index contributed by atoms with van der Waals surface area (Å²) in [5, 5.41) is 0. The van der Waals surface area contributed by atoms with E-state index in [-0.39, 0.29) is 0 Å². The van der Waals surface area contributed by atoms with E-state index in [1.54, 1.807) is 0 Å². The maximum atomic E-state index is 6.38. The summed E-state index contributed by atoms with van der Waals surface area (Å²) in [4.78, 5) is 4.05. The van der Waals surface area contributed by atoms with Crippen LogP contribution in [0.4, 0.5) is 0 Å². The van der Waals surface area contributed by atoms with Gasteiger partial charge in [-0.25, -0.2) is 0 Å². The molecule has 0 amide bonds. The number of rotatable bonds is 3. The summed E-state index contributed by atoms with van der Waals surface area (Å²) < 4.78 is 0. The normalized spacial score (nSPS) is 31.1. The molecule has 1 heterocycles. The lowest BCUT2D eigenvalue weighted by Gasteiger charge is -2.35. The monoisotopic (exact) mass is 232 g/mol. The fourth-order valence-corrected chi connectivity index (χ4v) is 3.32. The van der Waals surface area contributed by atoms with Crippen molar-refractivity contribution in [3.05, 3.63) is 30.1 Å². The van der Waals surface area contributed by atoms with Crippen molar-refractivity contribution >= 4 is 0 Å². The molecule has 0 aromatic carbocycles. The summed E-state index contributed by atoms with van der Waals surface area (Å²) in [6, 6.07) is 4.47. The first-order valence-electron chi connectivity index (χ1n) is 6.79. The summed E-state index contributed by atoms with van der Waals surface area (Å²) >= 11 is 0. The molecule has 1 aromatic heterocycles. The van der Waals surface area contributed by atoms with E-state index < -0.39 is 0 Å². The molecule has 1 aliphatic carbocycles. The molecule has 3 atom stereocenters.